The SMILES string of the molecule is C=C1c2ccccc2PN1C/C(=N/c1ccc(C#CCNC(C)(C)C)cc1)N(C)CC. The average Bonchev–Trinajstić information content (AvgIpc) is 3.06. The molecule has 0 aliphatic carbocycles. The minimum absolute atomic E-state index is 0.0809. The minimum Gasteiger partial charge on any atom is -0.362 e. The van der Waals surface area contributed by atoms with Gasteiger partial charge in [-0.3, -0.25) is 0 Å². The first-order valence-electron chi connectivity index (χ1n) is 10.7. The summed E-state index contributed by atoms with van der Waals surface area (Å²) in [7, 11) is 2.69. The van der Waals surface area contributed by atoms with Crippen LogP contribution in [0.3, 0.4) is 0 Å². The number of rotatable bonds is 5. The lowest BCUT2D eigenvalue weighted by Crippen LogP contribution is -2.35. The van der Waals surface area contributed by atoms with Gasteiger partial charge in [0.2, 0.25) is 0 Å². The first-order chi connectivity index (χ1) is 14.8. The summed E-state index contributed by atoms with van der Waals surface area (Å²) >= 11 is 0. The fourth-order valence-electron chi connectivity index (χ4n) is 3.11. The lowest BCUT2D eigenvalue weighted by atomic mass is 10.1. The van der Waals surface area contributed by atoms with Crippen molar-refractivity contribution in [3.8, 4) is 11.8 Å². The lowest BCUT2D eigenvalue weighted by Gasteiger charge is -2.26. The summed E-state index contributed by atoms with van der Waals surface area (Å²) in [5.74, 6) is 7.44. The first-order valence-corrected chi connectivity index (χ1v) is 11.7. The minimum atomic E-state index is 0.0809. The highest BCUT2D eigenvalue weighted by Gasteiger charge is 2.24. The third kappa shape index (κ3) is 6.44. The predicted molar refractivity (Wildman–Crippen MR) is 137 cm³/mol. The fourth-order valence-corrected chi connectivity index (χ4v) is 4.40. The maximum absolute atomic E-state index is 4.96. The van der Waals surface area contributed by atoms with Crippen LogP contribution in [-0.2, 0) is 0 Å². The van der Waals surface area contributed by atoms with Crippen LogP contribution in [0.1, 0.15) is 38.8 Å². The summed E-state index contributed by atoms with van der Waals surface area (Å²) in [5.41, 5.74) is 4.37. The molecule has 1 unspecified atom stereocenters. The highest BCUT2D eigenvalue weighted by atomic mass is 31.1. The third-order valence-corrected chi connectivity index (χ3v) is 6.47. The number of aliphatic imine (C=N–C) groups is 1. The molecule has 1 heterocycles. The van der Waals surface area contributed by atoms with E-state index in [0.29, 0.717) is 15.3 Å². The zero-order valence-electron chi connectivity index (χ0n) is 19.3. The van der Waals surface area contributed by atoms with Gasteiger partial charge in [-0.15, -0.1) is 0 Å². The van der Waals surface area contributed by atoms with Gasteiger partial charge in [0.25, 0.3) is 0 Å². The average molecular weight is 433 g/mol. The van der Waals surface area contributed by atoms with Gasteiger partial charge in [-0.1, -0.05) is 42.7 Å². The monoisotopic (exact) mass is 432 g/mol. The summed E-state index contributed by atoms with van der Waals surface area (Å²) in [5, 5.41) is 4.74. The van der Waals surface area contributed by atoms with Crippen molar-refractivity contribution in [1.29, 1.82) is 0 Å². The van der Waals surface area contributed by atoms with Crippen LogP contribution in [-0.4, -0.2) is 47.6 Å². The van der Waals surface area contributed by atoms with Gasteiger partial charge < -0.3 is 14.9 Å². The number of benzene rings is 2. The molecule has 0 radical (unpaired) electrons. The van der Waals surface area contributed by atoms with Gasteiger partial charge >= 0.3 is 0 Å². The van der Waals surface area contributed by atoms with E-state index in [4.69, 9.17) is 4.99 Å². The molecule has 0 bridgehead atoms. The normalized spacial score (nSPS) is 14.4. The molecule has 31 heavy (non-hydrogen) atoms. The Morgan fingerprint density at radius 3 is 2.52 bits per heavy atom. The van der Waals surface area contributed by atoms with Crippen molar-refractivity contribution in [2.75, 3.05) is 26.7 Å². The van der Waals surface area contributed by atoms with Crippen LogP contribution < -0.4 is 10.6 Å². The van der Waals surface area contributed by atoms with Crippen molar-refractivity contribution in [2.24, 2.45) is 4.99 Å². The van der Waals surface area contributed by atoms with Crippen molar-refractivity contribution in [2.45, 2.75) is 33.2 Å². The molecule has 0 saturated heterocycles. The second kappa shape index (κ2) is 10.1. The van der Waals surface area contributed by atoms with Crippen LogP contribution in [0.5, 0.6) is 0 Å². The van der Waals surface area contributed by atoms with E-state index in [1.54, 1.807) is 0 Å². The van der Waals surface area contributed by atoms with Crippen LogP contribution in [0.15, 0.2) is 60.1 Å². The highest BCUT2D eigenvalue weighted by Crippen LogP contribution is 2.37. The van der Waals surface area contributed by atoms with Crippen LogP contribution in [0, 0.1) is 11.8 Å². The van der Waals surface area contributed by atoms with E-state index in [1.165, 1.54) is 10.9 Å². The van der Waals surface area contributed by atoms with E-state index in [1.807, 2.05) is 24.3 Å². The second-order valence-corrected chi connectivity index (χ2v) is 9.99. The molecule has 1 aliphatic rings. The molecule has 4 nitrogen and oxygen atoms in total. The van der Waals surface area contributed by atoms with Gasteiger partial charge in [-0.2, -0.15) is 0 Å². The van der Waals surface area contributed by atoms with Crippen LogP contribution in [0.2, 0.25) is 0 Å². The lowest BCUT2D eigenvalue weighted by molar-refractivity contribution is 0.452. The molecular weight excluding hydrogens is 399 g/mol. The summed E-state index contributed by atoms with van der Waals surface area (Å²) in [6.07, 6.45) is 0. The Kier molecular flexibility index (Phi) is 7.55. The Balaban J connectivity index is 1.71. The van der Waals surface area contributed by atoms with E-state index in [2.05, 4.69) is 92.3 Å². The maximum atomic E-state index is 4.96. The summed E-state index contributed by atoms with van der Waals surface area (Å²) < 4.78 is 2.33. The number of hydrogen-bond donors (Lipinski definition) is 1. The Morgan fingerprint density at radius 1 is 1.16 bits per heavy atom. The molecule has 0 saturated carbocycles. The molecule has 0 fully saturated rings. The largest absolute Gasteiger partial charge is 0.362 e. The Hall–Kier alpha value is -2.60. The van der Waals surface area contributed by atoms with Crippen molar-refractivity contribution >= 4 is 31.3 Å². The number of fused-ring (bicyclic) bond motifs is 1. The molecule has 0 aromatic heterocycles. The number of hydrogen-bond acceptors (Lipinski definition) is 3. The molecule has 1 aliphatic heterocycles. The zero-order chi connectivity index (χ0) is 22.4. The van der Waals surface area contributed by atoms with Gasteiger partial charge in [0.15, 0.2) is 0 Å². The number of likely N-dealkylation sites (N-methyl/N-ethyl adjacent to an activating group) is 1. The third-order valence-electron chi connectivity index (χ3n) is 5.10. The van der Waals surface area contributed by atoms with E-state index in [9.17, 15) is 0 Å². The fraction of sp³-hybridized carbons (Fsp3) is 0.346. The van der Waals surface area contributed by atoms with Crippen LogP contribution >= 0.6 is 8.73 Å². The Labute approximate surface area is 189 Å². The Bertz CT molecular complexity index is 1010. The van der Waals surface area contributed by atoms with E-state index >= 15 is 0 Å². The van der Waals surface area contributed by atoms with Gasteiger partial charge in [-0.25, -0.2) is 4.99 Å². The maximum Gasteiger partial charge on any atom is 0.124 e. The molecule has 3 rings (SSSR count). The quantitative estimate of drug-likeness (QED) is 0.324. The van der Waals surface area contributed by atoms with E-state index in [0.717, 1.165) is 35.9 Å². The molecule has 0 amide bonds. The molecule has 1 atom stereocenters. The zero-order valence-corrected chi connectivity index (χ0v) is 20.3. The molecular formula is C26H33N4P. The van der Waals surface area contributed by atoms with Crippen LogP contribution in [0.4, 0.5) is 5.69 Å². The van der Waals surface area contributed by atoms with Gasteiger partial charge in [-0.05, 0) is 52.0 Å². The summed E-state index contributed by atoms with van der Waals surface area (Å²) in [6.45, 7) is 15.2. The van der Waals surface area contributed by atoms with Crippen molar-refractivity contribution in [3.63, 3.8) is 0 Å². The Morgan fingerprint density at radius 2 is 1.87 bits per heavy atom. The molecule has 5 heteroatoms. The number of amidine groups is 1. The predicted octanol–water partition coefficient (Wildman–Crippen LogP) is 4.61. The van der Waals surface area contributed by atoms with E-state index in [-0.39, 0.29) is 5.54 Å². The molecule has 162 valence electrons. The van der Waals surface area contributed by atoms with Gasteiger partial charge in [0.05, 0.1) is 18.8 Å². The van der Waals surface area contributed by atoms with Crippen molar-refractivity contribution in [1.82, 2.24) is 14.9 Å². The standard InChI is InChI=1S/C26H33N4P/c1-7-29(6)25(19-30-20(2)23-12-8-9-13-24(23)31-30)28-22-16-14-21(15-17-22)11-10-18-27-26(3,4)5/h8-9,12-17,27,31H,2,7,18-19H2,1,3-6H3/b28-25-. The van der Waals surface area contributed by atoms with Gasteiger partial charge in [0.1, 0.15) is 5.84 Å². The topological polar surface area (TPSA) is 30.9 Å². The van der Waals surface area contributed by atoms with Crippen LogP contribution in [0.25, 0.3) is 5.70 Å². The molecule has 0 spiro atoms. The first kappa shape index (κ1) is 23.1. The molecule has 2 aromatic carbocycles. The second-order valence-electron chi connectivity index (χ2n) is 8.68. The molecule has 2 aromatic rings. The van der Waals surface area contributed by atoms with E-state index < -0.39 is 0 Å². The van der Waals surface area contributed by atoms with Crippen molar-refractivity contribution < 1.29 is 0 Å². The number of nitrogens with one attached hydrogen (secondary N) is 1. The highest BCUT2D eigenvalue weighted by molar-refractivity contribution is 7.46. The summed E-state index contributed by atoms with van der Waals surface area (Å²) in [4.78, 5) is 7.16. The smallest absolute Gasteiger partial charge is 0.124 e. The molecule has 1 N–H and O–H groups in total. The van der Waals surface area contributed by atoms with Crippen molar-refractivity contribution in [3.05, 3.63) is 66.2 Å². The summed E-state index contributed by atoms with van der Waals surface area (Å²) in [6, 6.07) is 16.7. The number of nitrogens with zero attached hydrogens (tertiary/aromatic N) is 3. The van der Waals surface area contributed by atoms with Gasteiger partial charge in [0, 0.05) is 50.0 Å².